The molecule has 0 spiro atoms. The molecule has 2 aromatic rings. The average molecular weight is 344 g/mol. The third-order valence-electron chi connectivity index (χ3n) is 4.34. The normalized spacial score (nSPS) is 14.9. The highest BCUT2D eigenvalue weighted by atomic mass is 32.1. The molecule has 1 aromatic heterocycles. The van der Waals surface area contributed by atoms with Gasteiger partial charge in [0.15, 0.2) is 0 Å². The molecule has 0 fully saturated rings. The summed E-state index contributed by atoms with van der Waals surface area (Å²) >= 11 is 1.84. The first-order valence-corrected chi connectivity index (χ1v) is 9.51. The van der Waals surface area contributed by atoms with Crippen molar-refractivity contribution in [2.45, 2.75) is 51.0 Å². The van der Waals surface area contributed by atoms with Crippen LogP contribution in [0.1, 0.15) is 52.9 Å². The third-order valence-corrected chi connectivity index (χ3v) is 5.56. The number of amides is 1. The van der Waals surface area contributed by atoms with Gasteiger partial charge in [0.05, 0.1) is 23.2 Å². The van der Waals surface area contributed by atoms with Crippen molar-refractivity contribution in [3.63, 3.8) is 0 Å². The number of aliphatic hydroxyl groups excluding tert-OH is 1. The summed E-state index contributed by atoms with van der Waals surface area (Å²) in [7, 11) is 0. The summed E-state index contributed by atoms with van der Waals surface area (Å²) in [5, 5.41) is 14.1. The Labute approximate surface area is 146 Å². The second-order valence-electron chi connectivity index (χ2n) is 6.27. The minimum absolute atomic E-state index is 0.107. The van der Waals surface area contributed by atoms with E-state index in [9.17, 15) is 9.90 Å². The van der Waals surface area contributed by atoms with Crippen LogP contribution in [-0.2, 0) is 24.1 Å². The monoisotopic (exact) mass is 344 g/mol. The van der Waals surface area contributed by atoms with Gasteiger partial charge >= 0.3 is 0 Å². The Morgan fingerprint density at radius 2 is 2.04 bits per heavy atom. The molecule has 1 amide bonds. The van der Waals surface area contributed by atoms with Crippen LogP contribution in [0.4, 0.5) is 0 Å². The van der Waals surface area contributed by atoms with E-state index in [1.165, 1.54) is 34.8 Å². The van der Waals surface area contributed by atoms with Crippen LogP contribution >= 0.6 is 11.3 Å². The van der Waals surface area contributed by atoms with E-state index in [0.717, 1.165) is 24.8 Å². The molecule has 5 heteroatoms. The van der Waals surface area contributed by atoms with Crippen molar-refractivity contribution >= 4 is 17.2 Å². The second kappa shape index (κ2) is 8.40. The SMILES string of the molecule is O=C(CC(O)c1ccccc1)NCCCc1nc2c(s1)CCCC2. The Balaban J connectivity index is 1.37. The summed E-state index contributed by atoms with van der Waals surface area (Å²) in [4.78, 5) is 18.1. The molecule has 1 unspecified atom stereocenters. The number of benzene rings is 1. The maximum absolute atomic E-state index is 11.9. The molecule has 1 heterocycles. The first-order chi connectivity index (χ1) is 11.7. The molecule has 0 radical (unpaired) electrons. The zero-order valence-electron chi connectivity index (χ0n) is 13.8. The molecule has 0 aliphatic heterocycles. The van der Waals surface area contributed by atoms with Crippen molar-refractivity contribution in [1.29, 1.82) is 0 Å². The van der Waals surface area contributed by atoms with Crippen LogP contribution in [0.5, 0.6) is 0 Å². The molecule has 3 rings (SSSR count). The summed E-state index contributed by atoms with van der Waals surface area (Å²) < 4.78 is 0. The van der Waals surface area contributed by atoms with Gasteiger partial charge in [-0.2, -0.15) is 0 Å². The molecule has 1 aliphatic rings. The smallest absolute Gasteiger partial charge is 0.222 e. The summed E-state index contributed by atoms with van der Waals surface area (Å²) in [6.07, 6.45) is 6.02. The molecule has 4 nitrogen and oxygen atoms in total. The van der Waals surface area contributed by atoms with E-state index in [0.29, 0.717) is 6.54 Å². The van der Waals surface area contributed by atoms with Crippen molar-refractivity contribution in [3.8, 4) is 0 Å². The van der Waals surface area contributed by atoms with Crippen molar-refractivity contribution in [3.05, 3.63) is 51.5 Å². The lowest BCUT2D eigenvalue weighted by Gasteiger charge is -2.11. The number of carbonyl (C=O) groups excluding carboxylic acids is 1. The van der Waals surface area contributed by atoms with Crippen molar-refractivity contribution < 1.29 is 9.90 Å². The molecule has 2 N–H and O–H groups in total. The van der Waals surface area contributed by atoms with E-state index in [1.54, 1.807) is 0 Å². The maximum atomic E-state index is 11.9. The summed E-state index contributed by atoms with van der Waals surface area (Å²) in [5.74, 6) is -0.107. The molecule has 0 saturated heterocycles. The fraction of sp³-hybridized carbons (Fsp3) is 0.474. The van der Waals surface area contributed by atoms with Crippen molar-refractivity contribution in [2.24, 2.45) is 0 Å². The molecule has 1 aliphatic carbocycles. The Bertz CT molecular complexity index is 646. The molecule has 1 atom stereocenters. The fourth-order valence-electron chi connectivity index (χ4n) is 3.02. The zero-order chi connectivity index (χ0) is 16.8. The Kier molecular flexibility index (Phi) is 5.99. The Hall–Kier alpha value is -1.72. The van der Waals surface area contributed by atoms with Gasteiger partial charge in [0, 0.05) is 17.8 Å². The number of rotatable bonds is 7. The fourth-order valence-corrected chi connectivity index (χ4v) is 4.22. The molecule has 128 valence electrons. The lowest BCUT2D eigenvalue weighted by Crippen LogP contribution is -2.26. The van der Waals surface area contributed by atoms with Gasteiger partial charge in [-0.1, -0.05) is 30.3 Å². The molecule has 24 heavy (non-hydrogen) atoms. The summed E-state index contributed by atoms with van der Waals surface area (Å²) in [6, 6.07) is 9.30. The predicted molar refractivity (Wildman–Crippen MR) is 96.1 cm³/mol. The number of carbonyl (C=O) groups is 1. The number of nitrogens with zero attached hydrogens (tertiary/aromatic N) is 1. The van der Waals surface area contributed by atoms with Gasteiger partial charge in [0.1, 0.15) is 0 Å². The van der Waals surface area contributed by atoms with E-state index in [2.05, 4.69) is 5.32 Å². The number of thiazole rings is 1. The number of nitrogens with one attached hydrogen (secondary N) is 1. The van der Waals surface area contributed by atoms with Gasteiger partial charge in [0.2, 0.25) is 5.91 Å². The first kappa shape index (κ1) is 17.1. The van der Waals surface area contributed by atoms with Crippen molar-refractivity contribution in [2.75, 3.05) is 6.54 Å². The van der Waals surface area contributed by atoms with E-state index in [4.69, 9.17) is 4.98 Å². The molecule has 0 saturated carbocycles. The third kappa shape index (κ3) is 4.65. The van der Waals surface area contributed by atoms with Gasteiger partial charge in [-0.3, -0.25) is 4.79 Å². The van der Waals surface area contributed by atoms with Crippen LogP contribution in [0.25, 0.3) is 0 Å². The zero-order valence-corrected chi connectivity index (χ0v) is 14.6. The maximum Gasteiger partial charge on any atom is 0.222 e. The second-order valence-corrected chi connectivity index (χ2v) is 7.44. The summed E-state index contributed by atoms with van der Waals surface area (Å²) in [5.41, 5.74) is 2.08. The van der Waals surface area contributed by atoms with E-state index in [1.807, 2.05) is 41.7 Å². The molecule has 0 bridgehead atoms. The van der Waals surface area contributed by atoms with E-state index >= 15 is 0 Å². The number of hydrogen-bond donors (Lipinski definition) is 2. The predicted octanol–water partition coefficient (Wildman–Crippen LogP) is 3.19. The lowest BCUT2D eigenvalue weighted by molar-refractivity contribution is -0.123. The number of hydrogen-bond acceptors (Lipinski definition) is 4. The highest BCUT2D eigenvalue weighted by Gasteiger charge is 2.15. The topological polar surface area (TPSA) is 62.2 Å². The summed E-state index contributed by atoms with van der Waals surface area (Å²) in [6.45, 7) is 0.630. The lowest BCUT2D eigenvalue weighted by atomic mass is 10.0. The Morgan fingerprint density at radius 3 is 2.83 bits per heavy atom. The van der Waals surface area contributed by atoms with Gasteiger partial charge in [-0.05, 0) is 37.7 Å². The van der Waals surface area contributed by atoms with Crippen LogP contribution in [0.3, 0.4) is 0 Å². The number of aryl methyl sites for hydroxylation is 3. The van der Waals surface area contributed by atoms with Crippen LogP contribution in [0.15, 0.2) is 30.3 Å². The average Bonchev–Trinajstić information content (AvgIpc) is 3.02. The largest absolute Gasteiger partial charge is 0.388 e. The van der Waals surface area contributed by atoms with E-state index < -0.39 is 6.10 Å². The van der Waals surface area contributed by atoms with Crippen LogP contribution < -0.4 is 5.32 Å². The molecule has 1 aromatic carbocycles. The van der Waals surface area contributed by atoms with Crippen LogP contribution in [0.2, 0.25) is 0 Å². The minimum Gasteiger partial charge on any atom is -0.388 e. The van der Waals surface area contributed by atoms with Gasteiger partial charge in [-0.25, -0.2) is 4.98 Å². The number of aromatic nitrogens is 1. The highest BCUT2D eigenvalue weighted by Crippen LogP contribution is 2.27. The standard InChI is InChI=1S/C19H24N2O2S/c22-16(14-7-2-1-3-8-14)13-18(23)20-12-6-11-19-21-15-9-4-5-10-17(15)24-19/h1-3,7-8,16,22H,4-6,9-13H2,(H,20,23). The molecular formula is C19H24N2O2S. The highest BCUT2D eigenvalue weighted by molar-refractivity contribution is 7.11. The van der Waals surface area contributed by atoms with Gasteiger partial charge in [0.25, 0.3) is 0 Å². The first-order valence-electron chi connectivity index (χ1n) is 8.69. The molecular weight excluding hydrogens is 320 g/mol. The minimum atomic E-state index is -0.739. The van der Waals surface area contributed by atoms with Gasteiger partial charge < -0.3 is 10.4 Å². The number of aliphatic hydroxyl groups is 1. The van der Waals surface area contributed by atoms with E-state index in [-0.39, 0.29) is 12.3 Å². The van der Waals surface area contributed by atoms with Crippen LogP contribution in [-0.4, -0.2) is 22.5 Å². The quantitative estimate of drug-likeness (QED) is 0.758. The van der Waals surface area contributed by atoms with Gasteiger partial charge in [-0.15, -0.1) is 11.3 Å². The van der Waals surface area contributed by atoms with Crippen molar-refractivity contribution in [1.82, 2.24) is 10.3 Å². The number of fused-ring (bicyclic) bond motifs is 1. The Morgan fingerprint density at radius 1 is 1.25 bits per heavy atom. The van der Waals surface area contributed by atoms with Crippen LogP contribution in [0, 0.1) is 0 Å².